The van der Waals surface area contributed by atoms with Crippen LogP contribution in [0.1, 0.15) is 36.4 Å². The smallest absolute Gasteiger partial charge is 0.165 e. The van der Waals surface area contributed by atoms with Gasteiger partial charge < -0.3 is 10.4 Å². The van der Waals surface area contributed by atoms with Gasteiger partial charge in [0.15, 0.2) is 11.6 Å². The maximum atomic E-state index is 13.9. The highest BCUT2D eigenvalue weighted by molar-refractivity contribution is 5.40. The Labute approximate surface area is 119 Å². The zero-order valence-corrected chi connectivity index (χ0v) is 12.0. The van der Waals surface area contributed by atoms with Crippen LogP contribution in [0.2, 0.25) is 0 Å². The van der Waals surface area contributed by atoms with Crippen molar-refractivity contribution in [2.24, 2.45) is 5.92 Å². The molecule has 4 heteroatoms. The lowest BCUT2D eigenvalue weighted by molar-refractivity contribution is 0.0815. The quantitative estimate of drug-likeness (QED) is 0.892. The van der Waals surface area contributed by atoms with E-state index in [4.69, 9.17) is 0 Å². The molecule has 1 saturated heterocycles. The molecular formula is C16H23FN2O. The summed E-state index contributed by atoms with van der Waals surface area (Å²) in [5.41, 5.74) is 1.67. The third-order valence-corrected chi connectivity index (χ3v) is 4.70. The lowest BCUT2D eigenvalue weighted by atomic mass is 9.76. The molecule has 1 aromatic carbocycles. The Morgan fingerprint density at radius 1 is 1.30 bits per heavy atom. The van der Waals surface area contributed by atoms with Crippen LogP contribution in [0.15, 0.2) is 12.1 Å². The van der Waals surface area contributed by atoms with Crippen LogP contribution >= 0.6 is 0 Å². The molecule has 2 fully saturated rings. The molecule has 1 aromatic rings. The zero-order valence-electron chi connectivity index (χ0n) is 12.0. The fourth-order valence-electron chi connectivity index (χ4n) is 3.45. The molecule has 20 heavy (non-hydrogen) atoms. The van der Waals surface area contributed by atoms with Gasteiger partial charge in [-0.15, -0.1) is 0 Å². The molecule has 1 saturated carbocycles. The molecule has 0 spiro atoms. The molecular weight excluding hydrogens is 255 g/mol. The van der Waals surface area contributed by atoms with E-state index >= 15 is 0 Å². The van der Waals surface area contributed by atoms with Crippen LogP contribution in [-0.2, 0) is 0 Å². The first kappa shape index (κ1) is 13.8. The summed E-state index contributed by atoms with van der Waals surface area (Å²) in [6.07, 6.45) is 3.62. The molecule has 0 bridgehead atoms. The fraction of sp³-hybridized carbons (Fsp3) is 0.625. The van der Waals surface area contributed by atoms with Crippen molar-refractivity contribution in [1.29, 1.82) is 0 Å². The lowest BCUT2D eigenvalue weighted by Gasteiger charge is -2.43. The maximum absolute atomic E-state index is 13.9. The van der Waals surface area contributed by atoms with Crippen LogP contribution in [-0.4, -0.2) is 36.2 Å². The molecule has 1 atom stereocenters. The first-order valence-electron chi connectivity index (χ1n) is 7.60. The maximum Gasteiger partial charge on any atom is 0.165 e. The van der Waals surface area contributed by atoms with Gasteiger partial charge in [0, 0.05) is 37.8 Å². The fourth-order valence-corrected chi connectivity index (χ4v) is 3.45. The Morgan fingerprint density at radius 3 is 2.60 bits per heavy atom. The molecule has 0 aromatic heterocycles. The summed E-state index contributed by atoms with van der Waals surface area (Å²) < 4.78 is 13.9. The van der Waals surface area contributed by atoms with Crippen LogP contribution in [0.5, 0.6) is 5.75 Å². The van der Waals surface area contributed by atoms with Crippen LogP contribution in [0, 0.1) is 18.7 Å². The highest BCUT2D eigenvalue weighted by atomic mass is 19.1. The van der Waals surface area contributed by atoms with Gasteiger partial charge in [0.25, 0.3) is 0 Å². The summed E-state index contributed by atoms with van der Waals surface area (Å²) >= 11 is 0. The summed E-state index contributed by atoms with van der Waals surface area (Å²) in [6.45, 7) is 5.77. The number of aryl methyl sites for hydroxylation is 1. The predicted molar refractivity (Wildman–Crippen MR) is 77.3 cm³/mol. The molecule has 1 aliphatic heterocycles. The number of piperazine rings is 1. The van der Waals surface area contributed by atoms with Gasteiger partial charge in [-0.25, -0.2) is 4.39 Å². The van der Waals surface area contributed by atoms with Crippen LogP contribution in [0.25, 0.3) is 0 Å². The second-order valence-corrected chi connectivity index (χ2v) is 6.11. The number of aromatic hydroxyl groups is 1. The Bertz CT molecular complexity index is 482. The Hall–Kier alpha value is -1.13. The van der Waals surface area contributed by atoms with E-state index in [1.54, 1.807) is 0 Å². The van der Waals surface area contributed by atoms with Crippen molar-refractivity contribution in [3.63, 3.8) is 0 Å². The first-order chi connectivity index (χ1) is 9.66. The van der Waals surface area contributed by atoms with Crippen molar-refractivity contribution in [3.05, 3.63) is 29.1 Å². The zero-order chi connectivity index (χ0) is 14.1. The third-order valence-electron chi connectivity index (χ3n) is 4.70. The molecule has 3 rings (SSSR count). The molecule has 110 valence electrons. The second-order valence-electron chi connectivity index (χ2n) is 6.11. The number of nitrogens with zero attached hydrogens (tertiary/aromatic N) is 1. The average molecular weight is 278 g/mol. The van der Waals surface area contributed by atoms with Crippen LogP contribution < -0.4 is 5.32 Å². The van der Waals surface area contributed by atoms with Crippen molar-refractivity contribution >= 4 is 0 Å². The Morgan fingerprint density at radius 2 is 2.00 bits per heavy atom. The number of halogens is 1. The van der Waals surface area contributed by atoms with Gasteiger partial charge in [0.1, 0.15) is 0 Å². The Kier molecular flexibility index (Phi) is 3.94. The molecule has 1 aliphatic carbocycles. The van der Waals surface area contributed by atoms with E-state index in [2.05, 4.69) is 10.2 Å². The number of rotatable bonds is 3. The van der Waals surface area contributed by atoms with Crippen molar-refractivity contribution in [2.45, 2.75) is 32.2 Å². The largest absolute Gasteiger partial charge is 0.505 e. The average Bonchev–Trinajstić information content (AvgIpc) is 2.39. The van der Waals surface area contributed by atoms with Gasteiger partial charge in [0.2, 0.25) is 0 Å². The van der Waals surface area contributed by atoms with Crippen LogP contribution in [0.3, 0.4) is 0 Å². The van der Waals surface area contributed by atoms with Gasteiger partial charge in [-0.1, -0.05) is 12.5 Å². The number of phenols is 1. The van der Waals surface area contributed by atoms with Gasteiger partial charge in [0.05, 0.1) is 0 Å². The summed E-state index contributed by atoms with van der Waals surface area (Å²) in [7, 11) is 0. The van der Waals surface area contributed by atoms with E-state index in [0.29, 0.717) is 5.92 Å². The molecule has 2 N–H and O–H groups in total. The van der Waals surface area contributed by atoms with Gasteiger partial charge in [-0.05, 0) is 37.3 Å². The lowest BCUT2D eigenvalue weighted by Crippen LogP contribution is -2.47. The van der Waals surface area contributed by atoms with Crippen molar-refractivity contribution in [1.82, 2.24) is 10.2 Å². The Balaban J connectivity index is 1.96. The van der Waals surface area contributed by atoms with E-state index < -0.39 is 5.82 Å². The monoisotopic (exact) mass is 278 g/mol. The first-order valence-corrected chi connectivity index (χ1v) is 7.60. The van der Waals surface area contributed by atoms with E-state index in [-0.39, 0.29) is 11.8 Å². The van der Waals surface area contributed by atoms with Crippen molar-refractivity contribution in [2.75, 3.05) is 26.2 Å². The molecule has 0 radical (unpaired) electrons. The highest BCUT2D eigenvalue weighted by Crippen LogP contribution is 2.44. The minimum atomic E-state index is -0.487. The summed E-state index contributed by atoms with van der Waals surface area (Å²) in [5.74, 6) is -0.0781. The summed E-state index contributed by atoms with van der Waals surface area (Å²) in [5, 5.41) is 13.5. The van der Waals surface area contributed by atoms with Gasteiger partial charge in [-0.2, -0.15) is 0 Å². The molecule has 2 aliphatic rings. The highest BCUT2D eigenvalue weighted by Gasteiger charge is 2.35. The number of nitrogens with one attached hydrogen (secondary N) is 1. The minimum absolute atomic E-state index is 0.147. The van der Waals surface area contributed by atoms with Crippen LogP contribution in [0.4, 0.5) is 4.39 Å². The van der Waals surface area contributed by atoms with E-state index in [1.807, 2.05) is 13.0 Å². The normalized spacial score (nSPS) is 22.5. The third kappa shape index (κ3) is 2.54. The number of hydrogen-bond acceptors (Lipinski definition) is 3. The summed E-state index contributed by atoms with van der Waals surface area (Å²) in [4.78, 5) is 2.41. The van der Waals surface area contributed by atoms with E-state index in [1.165, 1.54) is 25.3 Å². The van der Waals surface area contributed by atoms with E-state index in [0.717, 1.165) is 37.3 Å². The standard InChI is InChI=1S/C16H23FN2O/c1-11-9-13(16(20)14(17)10-11)15(12-3-2-4-12)19-7-5-18-6-8-19/h9-10,12,15,18,20H,2-8H2,1H3/t15-/m1/s1. The predicted octanol–water partition coefficient (Wildman–Crippen LogP) is 2.59. The van der Waals surface area contributed by atoms with Crippen molar-refractivity contribution < 1.29 is 9.50 Å². The second kappa shape index (κ2) is 5.70. The number of benzene rings is 1. The van der Waals surface area contributed by atoms with Crippen molar-refractivity contribution in [3.8, 4) is 5.75 Å². The molecule has 0 amide bonds. The topological polar surface area (TPSA) is 35.5 Å². The molecule has 3 nitrogen and oxygen atoms in total. The number of phenolic OH excluding ortho intramolecular Hbond substituents is 1. The SMILES string of the molecule is Cc1cc(F)c(O)c([C@@H](C2CCC2)N2CCNCC2)c1. The van der Waals surface area contributed by atoms with Gasteiger partial charge in [-0.3, -0.25) is 4.90 Å². The minimum Gasteiger partial charge on any atom is -0.505 e. The molecule has 0 unspecified atom stereocenters. The van der Waals surface area contributed by atoms with E-state index in [9.17, 15) is 9.50 Å². The summed E-state index contributed by atoms with van der Waals surface area (Å²) in [6, 6.07) is 3.54. The van der Waals surface area contributed by atoms with Gasteiger partial charge >= 0.3 is 0 Å². The number of hydrogen-bond donors (Lipinski definition) is 2. The molecule has 1 heterocycles.